The molecule has 2 atom stereocenters. The molecule has 2 unspecified atom stereocenters. The van der Waals surface area contributed by atoms with E-state index in [4.69, 9.17) is 27.9 Å². The van der Waals surface area contributed by atoms with Crippen LogP contribution in [0.2, 0.25) is 10.0 Å². The third-order valence-corrected chi connectivity index (χ3v) is 4.72. The van der Waals surface area contributed by atoms with E-state index in [1.54, 1.807) is 0 Å². The number of halogens is 2. The zero-order valence-corrected chi connectivity index (χ0v) is 13.3. The highest BCUT2D eigenvalue weighted by atomic mass is 35.5. The predicted octanol–water partition coefficient (Wildman–Crippen LogP) is 4.17. The summed E-state index contributed by atoms with van der Waals surface area (Å²) in [5.41, 5.74) is 1.04. The maximum absolute atomic E-state index is 6.33. The van der Waals surface area contributed by atoms with Gasteiger partial charge in [-0.25, -0.2) is 0 Å². The molecule has 0 radical (unpaired) electrons. The molecule has 106 valence electrons. The average molecular weight is 320 g/mol. The van der Waals surface area contributed by atoms with Crippen LogP contribution in [0.4, 0.5) is 0 Å². The van der Waals surface area contributed by atoms with Crippen LogP contribution in [-0.2, 0) is 4.74 Å². The second kappa shape index (κ2) is 7.75. The lowest BCUT2D eigenvalue weighted by atomic mass is 10.0. The first-order chi connectivity index (χ1) is 9.22. The van der Waals surface area contributed by atoms with Gasteiger partial charge in [0.25, 0.3) is 0 Å². The maximum Gasteiger partial charge on any atom is 0.0860 e. The van der Waals surface area contributed by atoms with Crippen LogP contribution in [-0.4, -0.2) is 30.8 Å². The van der Waals surface area contributed by atoms with Gasteiger partial charge in [0, 0.05) is 21.6 Å². The lowest BCUT2D eigenvalue weighted by Crippen LogP contribution is -2.38. The van der Waals surface area contributed by atoms with Crippen LogP contribution in [0.25, 0.3) is 0 Å². The Kier molecular flexibility index (Phi) is 6.30. The summed E-state index contributed by atoms with van der Waals surface area (Å²) in [6.07, 6.45) is 1.23. The number of benzene rings is 1. The van der Waals surface area contributed by atoms with Crippen molar-refractivity contribution in [2.24, 2.45) is 0 Å². The quantitative estimate of drug-likeness (QED) is 0.880. The summed E-state index contributed by atoms with van der Waals surface area (Å²) in [6.45, 7) is 3.90. The van der Waals surface area contributed by atoms with Crippen LogP contribution in [0.3, 0.4) is 0 Å². The normalized spacial score (nSPS) is 21.3. The van der Waals surface area contributed by atoms with Gasteiger partial charge in [-0.2, -0.15) is 11.8 Å². The third-order valence-electron chi connectivity index (χ3n) is 3.12. The molecule has 2 nitrogen and oxygen atoms in total. The SMILES string of the molecule is CCCNC(c1cc(Cl)ccc1Cl)C1CSCCO1. The summed E-state index contributed by atoms with van der Waals surface area (Å²) in [4.78, 5) is 0. The van der Waals surface area contributed by atoms with Crippen molar-refractivity contribution in [3.05, 3.63) is 33.8 Å². The van der Waals surface area contributed by atoms with Crippen LogP contribution < -0.4 is 5.32 Å². The van der Waals surface area contributed by atoms with Gasteiger partial charge in [0.15, 0.2) is 0 Å². The minimum Gasteiger partial charge on any atom is -0.375 e. The van der Waals surface area contributed by atoms with Gasteiger partial charge in [-0.1, -0.05) is 30.1 Å². The smallest absolute Gasteiger partial charge is 0.0860 e. The zero-order valence-electron chi connectivity index (χ0n) is 11.0. The lowest BCUT2D eigenvalue weighted by molar-refractivity contribution is 0.0468. The first kappa shape index (κ1) is 15.5. The lowest BCUT2D eigenvalue weighted by Gasteiger charge is -2.32. The average Bonchev–Trinajstić information content (AvgIpc) is 2.44. The standard InChI is InChI=1S/C14H19Cl2NOS/c1-2-5-17-14(13-9-19-7-6-18-13)11-8-10(15)3-4-12(11)16/h3-4,8,13-14,17H,2,5-7,9H2,1H3. The molecule has 1 heterocycles. The van der Waals surface area contributed by atoms with Gasteiger partial charge in [-0.15, -0.1) is 0 Å². The molecule has 0 amide bonds. The Morgan fingerprint density at radius 1 is 1.47 bits per heavy atom. The largest absolute Gasteiger partial charge is 0.375 e. The van der Waals surface area contributed by atoms with E-state index >= 15 is 0 Å². The summed E-state index contributed by atoms with van der Waals surface area (Å²) in [6, 6.07) is 5.73. The van der Waals surface area contributed by atoms with Gasteiger partial charge in [0.1, 0.15) is 0 Å². The molecule has 1 saturated heterocycles. The fourth-order valence-corrected chi connectivity index (χ4v) is 3.51. The van der Waals surface area contributed by atoms with Crippen molar-refractivity contribution in [3.63, 3.8) is 0 Å². The predicted molar refractivity (Wildman–Crippen MR) is 84.6 cm³/mol. The first-order valence-corrected chi connectivity index (χ1v) is 8.51. The van der Waals surface area contributed by atoms with E-state index in [-0.39, 0.29) is 12.1 Å². The summed E-state index contributed by atoms with van der Waals surface area (Å²) >= 11 is 14.4. The fourth-order valence-electron chi connectivity index (χ4n) is 2.19. The zero-order chi connectivity index (χ0) is 13.7. The van der Waals surface area contributed by atoms with Crippen molar-refractivity contribution in [2.45, 2.75) is 25.5 Å². The molecule has 2 rings (SSSR count). The number of nitrogens with one attached hydrogen (secondary N) is 1. The molecule has 1 aliphatic heterocycles. The van der Waals surface area contributed by atoms with Crippen LogP contribution >= 0.6 is 35.0 Å². The van der Waals surface area contributed by atoms with E-state index in [0.29, 0.717) is 5.02 Å². The first-order valence-electron chi connectivity index (χ1n) is 6.60. The van der Waals surface area contributed by atoms with E-state index in [1.165, 1.54) is 0 Å². The van der Waals surface area contributed by atoms with Crippen molar-refractivity contribution >= 4 is 35.0 Å². The van der Waals surface area contributed by atoms with Crippen molar-refractivity contribution < 1.29 is 4.74 Å². The Morgan fingerprint density at radius 2 is 2.32 bits per heavy atom. The van der Waals surface area contributed by atoms with Crippen molar-refractivity contribution in [1.82, 2.24) is 5.32 Å². The molecule has 1 aromatic carbocycles. The molecule has 0 saturated carbocycles. The Balaban J connectivity index is 2.22. The molecule has 5 heteroatoms. The van der Waals surface area contributed by atoms with Crippen LogP contribution in [0, 0.1) is 0 Å². The number of hydrogen-bond acceptors (Lipinski definition) is 3. The molecule has 0 spiro atoms. The number of rotatable bonds is 5. The van der Waals surface area contributed by atoms with Gasteiger partial charge >= 0.3 is 0 Å². The van der Waals surface area contributed by atoms with Crippen LogP contribution in [0.1, 0.15) is 24.9 Å². The second-order valence-electron chi connectivity index (χ2n) is 4.58. The van der Waals surface area contributed by atoms with Gasteiger partial charge in [-0.05, 0) is 36.7 Å². The Bertz CT molecular complexity index is 410. The van der Waals surface area contributed by atoms with Crippen LogP contribution in [0.15, 0.2) is 18.2 Å². The summed E-state index contributed by atoms with van der Waals surface area (Å²) < 4.78 is 5.90. The van der Waals surface area contributed by atoms with Gasteiger partial charge in [0.05, 0.1) is 18.8 Å². The number of ether oxygens (including phenoxy) is 1. The van der Waals surface area contributed by atoms with Crippen molar-refractivity contribution in [1.29, 1.82) is 0 Å². The Hall–Kier alpha value is 0.0700. The topological polar surface area (TPSA) is 21.3 Å². The van der Waals surface area contributed by atoms with E-state index in [9.17, 15) is 0 Å². The van der Waals surface area contributed by atoms with Crippen molar-refractivity contribution in [2.75, 3.05) is 24.7 Å². The molecule has 19 heavy (non-hydrogen) atoms. The third kappa shape index (κ3) is 4.27. The molecule has 1 N–H and O–H groups in total. The molecule has 1 aromatic rings. The molecule has 0 aliphatic carbocycles. The summed E-state index contributed by atoms with van der Waals surface area (Å²) in [5, 5.41) is 5.00. The van der Waals surface area contributed by atoms with Gasteiger partial charge in [-0.3, -0.25) is 0 Å². The molecular weight excluding hydrogens is 301 g/mol. The minimum atomic E-state index is 0.110. The van der Waals surface area contributed by atoms with Gasteiger partial charge < -0.3 is 10.1 Å². The number of hydrogen-bond donors (Lipinski definition) is 1. The Labute approximate surface area is 129 Å². The molecule has 0 bridgehead atoms. The number of thioether (sulfide) groups is 1. The molecule has 0 aromatic heterocycles. The second-order valence-corrected chi connectivity index (χ2v) is 6.58. The monoisotopic (exact) mass is 319 g/mol. The Morgan fingerprint density at radius 3 is 3.00 bits per heavy atom. The molecule has 1 aliphatic rings. The minimum absolute atomic E-state index is 0.110. The highest BCUT2D eigenvalue weighted by molar-refractivity contribution is 7.99. The van der Waals surface area contributed by atoms with E-state index < -0.39 is 0 Å². The maximum atomic E-state index is 6.33. The fraction of sp³-hybridized carbons (Fsp3) is 0.571. The van der Waals surface area contributed by atoms with Crippen LogP contribution in [0.5, 0.6) is 0 Å². The summed E-state index contributed by atoms with van der Waals surface area (Å²) in [7, 11) is 0. The highest BCUT2D eigenvalue weighted by Gasteiger charge is 2.27. The summed E-state index contributed by atoms with van der Waals surface area (Å²) in [5.74, 6) is 2.06. The van der Waals surface area contributed by atoms with E-state index in [0.717, 1.165) is 41.7 Å². The van der Waals surface area contributed by atoms with Crippen molar-refractivity contribution in [3.8, 4) is 0 Å². The molecular formula is C14H19Cl2NOS. The highest BCUT2D eigenvalue weighted by Crippen LogP contribution is 2.32. The molecule has 1 fully saturated rings. The van der Waals surface area contributed by atoms with E-state index in [2.05, 4.69) is 12.2 Å². The van der Waals surface area contributed by atoms with Gasteiger partial charge in [0.2, 0.25) is 0 Å². The van der Waals surface area contributed by atoms with E-state index in [1.807, 2.05) is 30.0 Å².